The normalized spacial score (nSPS) is 21.1. The third-order valence-corrected chi connectivity index (χ3v) is 5.45. The highest BCUT2D eigenvalue weighted by Crippen LogP contribution is 2.21. The number of aryl methyl sites for hydroxylation is 3. The summed E-state index contributed by atoms with van der Waals surface area (Å²) in [5.41, 5.74) is 3.42. The fraction of sp³-hybridized carbons (Fsp3) is 0.588. The molecule has 0 unspecified atom stereocenters. The van der Waals surface area contributed by atoms with Gasteiger partial charge in [0.15, 0.2) is 5.65 Å². The number of rotatable bonds is 4. The van der Waals surface area contributed by atoms with E-state index in [4.69, 9.17) is 0 Å². The van der Waals surface area contributed by atoms with E-state index in [0.717, 1.165) is 36.9 Å². The highest BCUT2D eigenvalue weighted by molar-refractivity contribution is 7.88. The molecule has 8 nitrogen and oxygen atoms in total. The minimum atomic E-state index is -3.25. The number of nitrogens with zero attached hydrogens (tertiary/aromatic N) is 3. The maximum Gasteiger partial charge on any atom is 0.257 e. The van der Waals surface area contributed by atoms with Crippen molar-refractivity contribution in [1.29, 1.82) is 0 Å². The molecule has 0 aliphatic heterocycles. The lowest BCUT2D eigenvalue weighted by Crippen LogP contribution is -2.45. The van der Waals surface area contributed by atoms with Gasteiger partial charge in [-0.15, -0.1) is 0 Å². The van der Waals surface area contributed by atoms with Crippen molar-refractivity contribution in [2.45, 2.75) is 58.5 Å². The topological polar surface area (TPSA) is 105 Å². The standard InChI is InChI=1S/C17H25N5O3S/c1-10-8-11(2)22-16(18-10)15(12(3)20-22)17(23)19-13-6-5-7-14(9-13)21-26(4,24)25/h8,13-14,21H,5-7,9H2,1-4H3,(H,19,23)/t13-,14+/m0/s1. The summed E-state index contributed by atoms with van der Waals surface area (Å²) in [5.74, 6) is -0.208. The van der Waals surface area contributed by atoms with Crippen LogP contribution < -0.4 is 10.0 Å². The summed E-state index contributed by atoms with van der Waals surface area (Å²) >= 11 is 0. The van der Waals surface area contributed by atoms with Crippen LogP contribution in [-0.2, 0) is 10.0 Å². The van der Waals surface area contributed by atoms with Crippen LogP contribution >= 0.6 is 0 Å². The van der Waals surface area contributed by atoms with E-state index in [9.17, 15) is 13.2 Å². The zero-order valence-electron chi connectivity index (χ0n) is 15.5. The van der Waals surface area contributed by atoms with Crippen LogP contribution in [0.25, 0.3) is 5.65 Å². The Bertz CT molecular complexity index is 951. The van der Waals surface area contributed by atoms with Crippen molar-refractivity contribution >= 4 is 21.6 Å². The van der Waals surface area contributed by atoms with Crippen molar-refractivity contribution in [2.75, 3.05) is 6.26 Å². The van der Waals surface area contributed by atoms with Crippen molar-refractivity contribution in [3.8, 4) is 0 Å². The van der Waals surface area contributed by atoms with Crippen molar-refractivity contribution in [2.24, 2.45) is 0 Å². The van der Waals surface area contributed by atoms with E-state index in [0.29, 0.717) is 23.3 Å². The Morgan fingerprint density at radius 3 is 2.62 bits per heavy atom. The smallest absolute Gasteiger partial charge is 0.257 e. The highest BCUT2D eigenvalue weighted by Gasteiger charge is 2.27. The summed E-state index contributed by atoms with van der Waals surface area (Å²) in [6.45, 7) is 5.62. The first kappa shape index (κ1) is 18.8. The minimum absolute atomic E-state index is 0.0734. The van der Waals surface area contributed by atoms with Crippen molar-refractivity contribution in [3.05, 3.63) is 28.7 Å². The Morgan fingerprint density at radius 2 is 1.92 bits per heavy atom. The van der Waals surface area contributed by atoms with E-state index in [-0.39, 0.29) is 18.0 Å². The molecule has 0 bridgehead atoms. The Kier molecular flexibility index (Phi) is 5.03. The number of aromatic nitrogens is 3. The molecule has 1 fully saturated rings. The van der Waals surface area contributed by atoms with Crippen LogP contribution in [0.2, 0.25) is 0 Å². The fourth-order valence-electron chi connectivity index (χ4n) is 3.68. The van der Waals surface area contributed by atoms with Gasteiger partial charge in [-0.05, 0) is 52.5 Å². The van der Waals surface area contributed by atoms with E-state index in [1.54, 1.807) is 11.4 Å². The summed E-state index contributed by atoms with van der Waals surface area (Å²) in [6.07, 6.45) is 4.23. The van der Waals surface area contributed by atoms with Gasteiger partial charge in [-0.2, -0.15) is 5.10 Å². The zero-order chi connectivity index (χ0) is 19.1. The van der Waals surface area contributed by atoms with Gasteiger partial charge in [0.1, 0.15) is 5.56 Å². The quantitative estimate of drug-likeness (QED) is 0.832. The molecule has 9 heteroatoms. The van der Waals surface area contributed by atoms with Crippen LogP contribution in [0.3, 0.4) is 0 Å². The van der Waals surface area contributed by atoms with Crippen LogP contribution in [0.5, 0.6) is 0 Å². The lowest BCUT2D eigenvalue weighted by molar-refractivity contribution is 0.0925. The molecule has 142 valence electrons. The number of hydrogen-bond donors (Lipinski definition) is 2. The maximum atomic E-state index is 12.9. The number of carbonyl (C=O) groups is 1. The van der Waals surface area contributed by atoms with E-state index < -0.39 is 10.0 Å². The average molecular weight is 379 g/mol. The fourth-order valence-corrected chi connectivity index (χ4v) is 4.50. The van der Waals surface area contributed by atoms with Gasteiger partial charge in [0, 0.05) is 23.5 Å². The van der Waals surface area contributed by atoms with Gasteiger partial charge in [-0.25, -0.2) is 22.6 Å². The van der Waals surface area contributed by atoms with Crippen LogP contribution in [0.15, 0.2) is 6.07 Å². The Morgan fingerprint density at radius 1 is 1.23 bits per heavy atom. The predicted molar refractivity (Wildman–Crippen MR) is 98.7 cm³/mol. The van der Waals surface area contributed by atoms with E-state index in [1.807, 2.05) is 19.9 Å². The number of amides is 1. The van der Waals surface area contributed by atoms with Crippen molar-refractivity contribution < 1.29 is 13.2 Å². The van der Waals surface area contributed by atoms with E-state index in [1.165, 1.54) is 0 Å². The van der Waals surface area contributed by atoms with Crippen LogP contribution in [0.4, 0.5) is 0 Å². The molecule has 2 atom stereocenters. The minimum Gasteiger partial charge on any atom is -0.349 e. The SMILES string of the molecule is Cc1cc(C)n2nc(C)c(C(=O)N[C@H]3CCC[C@@H](NS(C)(=O)=O)C3)c2n1. The highest BCUT2D eigenvalue weighted by atomic mass is 32.2. The first-order chi connectivity index (χ1) is 12.1. The molecule has 0 spiro atoms. The Balaban J connectivity index is 1.80. The van der Waals surface area contributed by atoms with Gasteiger partial charge >= 0.3 is 0 Å². The van der Waals surface area contributed by atoms with E-state index in [2.05, 4.69) is 20.1 Å². The third-order valence-electron chi connectivity index (χ3n) is 4.69. The molecule has 0 aromatic carbocycles. The summed E-state index contributed by atoms with van der Waals surface area (Å²) in [6, 6.07) is 1.71. The monoisotopic (exact) mass is 379 g/mol. The molecule has 1 amide bonds. The Labute approximate surface area is 153 Å². The number of nitrogens with one attached hydrogen (secondary N) is 2. The molecule has 26 heavy (non-hydrogen) atoms. The van der Waals surface area contributed by atoms with Gasteiger partial charge < -0.3 is 5.32 Å². The van der Waals surface area contributed by atoms with Gasteiger partial charge in [0.05, 0.1) is 11.9 Å². The summed E-state index contributed by atoms with van der Waals surface area (Å²) in [4.78, 5) is 17.4. The molecule has 1 aliphatic carbocycles. The van der Waals surface area contributed by atoms with Crippen LogP contribution in [-0.4, -0.2) is 47.3 Å². The number of carbonyl (C=O) groups excluding carboxylic acids is 1. The summed E-state index contributed by atoms with van der Waals surface area (Å²) in [7, 11) is -3.25. The van der Waals surface area contributed by atoms with E-state index >= 15 is 0 Å². The summed E-state index contributed by atoms with van der Waals surface area (Å²) in [5, 5.41) is 7.47. The first-order valence-corrected chi connectivity index (χ1v) is 10.6. The lowest BCUT2D eigenvalue weighted by atomic mass is 9.91. The second-order valence-electron chi connectivity index (χ2n) is 7.16. The molecule has 0 saturated heterocycles. The Hall–Kier alpha value is -2.00. The second-order valence-corrected chi connectivity index (χ2v) is 8.94. The van der Waals surface area contributed by atoms with Crippen LogP contribution in [0.1, 0.15) is 53.1 Å². The first-order valence-electron chi connectivity index (χ1n) is 8.76. The molecule has 2 N–H and O–H groups in total. The van der Waals surface area contributed by atoms with Gasteiger partial charge in [0.2, 0.25) is 10.0 Å². The molecule has 2 aromatic heterocycles. The third kappa shape index (κ3) is 4.04. The number of fused-ring (bicyclic) bond motifs is 1. The second kappa shape index (κ2) is 6.96. The van der Waals surface area contributed by atoms with Crippen molar-refractivity contribution in [1.82, 2.24) is 24.6 Å². The average Bonchev–Trinajstić information content (AvgIpc) is 2.82. The van der Waals surface area contributed by atoms with Gasteiger partial charge in [-0.1, -0.05) is 0 Å². The molecular formula is C17H25N5O3S. The predicted octanol–water partition coefficient (Wildman–Crippen LogP) is 1.24. The van der Waals surface area contributed by atoms with Gasteiger partial charge in [0.25, 0.3) is 5.91 Å². The molecule has 1 aliphatic rings. The molecule has 0 radical (unpaired) electrons. The van der Waals surface area contributed by atoms with Crippen molar-refractivity contribution in [3.63, 3.8) is 0 Å². The molecule has 2 aromatic rings. The van der Waals surface area contributed by atoms with Gasteiger partial charge in [-0.3, -0.25) is 4.79 Å². The molecular weight excluding hydrogens is 354 g/mol. The largest absolute Gasteiger partial charge is 0.349 e. The lowest BCUT2D eigenvalue weighted by Gasteiger charge is -2.29. The maximum absolute atomic E-state index is 12.9. The van der Waals surface area contributed by atoms with Crippen LogP contribution in [0, 0.1) is 20.8 Å². The molecule has 1 saturated carbocycles. The summed E-state index contributed by atoms with van der Waals surface area (Å²) < 4.78 is 27.2. The number of hydrogen-bond acceptors (Lipinski definition) is 5. The zero-order valence-corrected chi connectivity index (χ0v) is 16.4. The molecule has 3 rings (SSSR count). The molecule has 2 heterocycles. The number of sulfonamides is 1.